The highest BCUT2D eigenvalue weighted by molar-refractivity contribution is 6.37. The SMILES string of the molecule is N#Cc1ccccc1COc1c(Cl)cc(C=C[N+](=O)[O-])cc1Cl. The van der Waals surface area contributed by atoms with Crippen LogP contribution in [0.1, 0.15) is 16.7 Å². The molecule has 2 aromatic carbocycles. The lowest BCUT2D eigenvalue weighted by atomic mass is 10.1. The Balaban J connectivity index is 2.21. The Labute approximate surface area is 142 Å². The summed E-state index contributed by atoms with van der Waals surface area (Å²) in [5.74, 6) is 0.263. The second kappa shape index (κ2) is 7.63. The largest absolute Gasteiger partial charge is 0.486 e. The van der Waals surface area contributed by atoms with Crippen LogP contribution >= 0.6 is 23.2 Å². The van der Waals surface area contributed by atoms with E-state index in [1.807, 2.05) is 0 Å². The zero-order valence-electron chi connectivity index (χ0n) is 11.7. The van der Waals surface area contributed by atoms with Crippen LogP contribution in [0.25, 0.3) is 6.08 Å². The predicted molar refractivity (Wildman–Crippen MR) is 88.0 cm³/mol. The number of hydrogen-bond acceptors (Lipinski definition) is 4. The van der Waals surface area contributed by atoms with Gasteiger partial charge in [-0.1, -0.05) is 41.4 Å². The molecule has 0 unspecified atom stereocenters. The van der Waals surface area contributed by atoms with Crippen molar-refractivity contribution < 1.29 is 9.66 Å². The van der Waals surface area contributed by atoms with Crippen molar-refractivity contribution in [1.82, 2.24) is 0 Å². The maximum atomic E-state index is 10.3. The minimum absolute atomic E-state index is 0.132. The fourth-order valence-electron chi connectivity index (χ4n) is 1.87. The van der Waals surface area contributed by atoms with Crippen LogP contribution in [0.3, 0.4) is 0 Å². The molecule has 7 heteroatoms. The number of nitriles is 1. The van der Waals surface area contributed by atoms with Gasteiger partial charge in [0.1, 0.15) is 6.61 Å². The van der Waals surface area contributed by atoms with E-state index in [1.165, 1.54) is 18.2 Å². The van der Waals surface area contributed by atoms with Crippen LogP contribution in [0.5, 0.6) is 5.75 Å². The molecular formula is C16H10Cl2N2O3. The Kier molecular flexibility index (Phi) is 5.58. The molecule has 0 bridgehead atoms. The van der Waals surface area contributed by atoms with Crippen LogP contribution < -0.4 is 4.74 Å². The highest BCUT2D eigenvalue weighted by atomic mass is 35.5. The summed E-state index contributed by atoms with van der Waals surface area (Å²) in [7, 11) is 0. The third kappa shape index (κ3) is 4.46. The van der Waals surface area contributed by atoms with Crippen molar-refractivity contribution in [3.8, 4) is 11.8 Å². The average molecular weight is 349 g/mol. The Morgan fingerprint density at radius 1 is 1.26 bits per heavy atom. The summed E-state index contributed by atoms with van der Waals surface area (Å²) in [5, 5.41) is 19.8. The first-order chi connectivity index (χ1) is 11.0. The summed E-state index contributed by atoms with van der Waals surface area (Å²) in [6.07, 6.45) is 2.08. The van der Waals surface area contributed by atoms with Gasteiger partial charge in [0.25, 0.3) is 0 Å². The molecule has 0 radical (unpaired) electrons. The standard InChI is InChI=1S/C16H10Cl2N2O3/c17-14-7-11(5-6-20(21)22)8-15(18)16(14)23-10-13-4-2-1-3-12(13)9-19/h1-8H,10H2. The third-order valence-electron chi connectivity index (χ3n) is 2.92. The maximum Gasteiger partial charge on any atom is 0.235 e. The van der Waals surface area contributed by atoms with Gasteiger partial charge in [0.2, 0.25) is 6.20 Å². The molecule has 23 heavy (non-hydrogen) atoms. The van der Waals surface area contributed by atoms with E-state index in [4.69, 9.17) is 33.2 Å². The normalized spacial score (nSPS) is 10.5. The first kappa shape index (κ1) is 16.8. The minimum Gasteiger partial charge on any atom is -0.486 e. The Bertz CT molecular complexity index is 790. The highest BCUT2D eigenvalue weighted by Gasteiger charge is 2.11. The molecule has 5 nitrogen and oxygen atoms in total. The summed E-state index contributed by atoms with van der Waals surface area (Å²) >= 11 is 12.2. The van der Waals surface area contributed by atoms with Crippen molar-refractivity contribution in [3.05, 3.63) is 79.4 Å². The van der Waals surface area contributed by atoms with Gasteiger partial charge >= 0.3 is 0 Å². The van der Waals surface area contributed by atoms with E-state index in [9.17, 15) is 10.1 Å². The van der Waals surface area contributed by atoms with E-state index < -0.39 is 4.92 Å². The maximum absolute atomic E-state index is 10.3. The molecule has 0 aromatic heterocycles. The molecule has 0 atom stereocenters. The van der Waals surface area contributed by atoms with Crippen molar-refractivity contribution >= 4 is 29.3 Å². The molecule has 0 saturated carbocycles. The van der Waals surface area contributed by atoms with Crippen molar-refractivity contribution in [2.75, 3.05) is 0 Å². The van der Waals surface area contributed by atoms with Crippen LogP contribution in [0, 0.1) is 21.4 Å². The fraction of sp³-hybridized carbons (Fsp3) is 0.0625. The zero-order chi connectivity index (χ0) is 16.8. The van der Waals surface area contributed by atoms with Gasteiger partial charge in [0.15, 0.2) is 5.75 Å². The van der Waals surface area contributed by atoms with Gasteiger partial charge in [-0.2, -0.15) is 5.26 Å². The topological polar surface area (TPSA) is 76.2 Å². The average Bonchev–Trinajstić information content (AvgIpc) is 2.52. The summed E-state index contributed by atoms with van der Waals surface area (Å²) in [6.45, 7) is 0.132. The molecule has 0 heterocycles. The molecule has 116 valence electrons. The number of rotatable bonds is 5. The van der Waals surface area contributed by atoms with Crippen molar-refractivity contribution in [2.45, 2.75) is 6.61 Å². The monoisotopic (exact) mass is 348 g/mol. The molecule has 0 amide bonds. The zero-order valence-corrected chi connectivity index (χ0v) is 13.2. The van der Waals surface area contributed by atoms with Gasteiger partial charge in [-0.15, -0.1) is 0 Å². The lowest BCUT2D eigenvalue weighted by Gasteiger charge is -2.11. The van der Waals surface area contributed by atoms with Crippen LogP contribution in [0.15, 0.2) is 42.6 Å². The van der Waals surface area contributed by atoms with Crippen molar-refractivity contribution in [1.29, 1.82) is 5.26 Å². The lowest BCUT2D eigenvalue weighted by molar-refractivity contribution is -0.400. The summed E-state index contributed by atoms with van der Waals surface area (Å²) in [6, 6.07) is 12.1. The van der Waals surface area contributed by atoms with E-state index in [2.05, 4.69) is 6.07 Å². The first-order valence-electron chi connectivity index (χ1n) is 6.43. The number of halogens is 2. The summed E-state index contributed by atoms with van der Waals surface area (Å²) in [4.78, 5) is 9.75. The van der Waals surface area contributed by atoms with E-state index in [1.54, 1.807) is 24.3 Å². The highest BCUT2D eigenvalue weighted by Crippen LogP contribution is 2.35. The summed E-state index contributed by atoms with van der Waals surface area (Å²) in [5.41, 5.74) is 1.70. The number of nitrogens with zero attached hydrogens (tertiary/aromatic N) is 2. The van der Waals surface area contributed by atoms with E-state index in [0.717, 1.165) is 6.20 Å². The molecule has 0 fully saturated rings. The van der Waals surface area contributed by atoms with E-state index >= 15 is 0 Å². The van der Waals surface area contributed by atoms with Gasteiger partial charge in [0, 0.05) is 11.6 Å². The van der Waals surface area contributed by atoms with Crippen LogP contribution in [0.2, 0.25) is 10.0 Å². The number of nitro groups is 1. The molecule has 2 rings (SSSR count). The van der Waals surface area contributed by atoms with Gasteiger partial charge in [0.05, 0.1) is 26.6 Å². The smallest absolute Gasteiger partial charge is 0.235 e. The van der Waals surface area contributed by atoms with Gasteiger partial charge in [-0.05, 0) is 23.8 Å². The number of ether oxygens (including phenoxy) is 1. The molecule has 0 aliphatic heterocycles. The summed E-state index contributed by atoms with van der Waals surface area (Å²) < 4.78 is 5.60. The van der Waals surface area contributed by atoms with E-state index in [0.29, 0.717) is 16.7 Å². The van der Waals surface area contributed by atoms with Crippen molar-refractivity contribution in [3.63, 3.8) is 0 Å². The molecule has 0 aliphatic carbocycles. The second-order valence-electron chi connectivity index (χ2n) is 4.47. The Morgan fingerprint density at radius 2 is 1.91 bits per heavy atom. The quantitative estimate of drug-likeness (QED) is 0.580. The minimum atomic E-state index is -0.578. The molecular weight excluding hydrogens is 339 g/mol. The first-order valence-corrected chi connectivity index (χ1v) is 7.18. The van der Waals surface area contributed by atoms with E-state index in [-0.39, 0.29) is 22.4 Å². The predicted octanol–water partition coefficient (Wildman–Crippen LogP) is 4.69. The Hall–Kier alpha value is -2.55. The van der Waals surface area contributed by atoms with Gasteiger partial charge in [-0.25, -0.2) is 0 Å². The van der Waals surface area contributed by atoms with Crippen LogP contribution in [-0.4, -0.2) is 4.92 Å². The molecule has 0 spiro atoms. The number of hydrogen-bond donors (Lipinski definition) is 0. The Morgan fingerprint density at radius 3 is 2.52 bits per heavy atom. The second-order valence-corrected chi connectivity index (χ2v) is 5.29. The van der Waals surface area contributed by atoms with Crippen molar-refractivity contribution in [2.24, 2.45) is 0 Å². The van der Waals surface area contributed by atoms with Gasteiger partial charge < -0.3 is 4.74 Å². The molecule has 2 aromatic rings. The number of benzene rings is 2. The van der Waals surface area contributed by atoms with Crippen LogP contribution in [0.4, 0.5) is 0 Å². The molecule has 0 aliphatic rings. The fourth-order valence-corrected chi connectivity index (χ4v) is 2.48. The van der Waals surface area contributed by atoms with Gasteiger partial charge in [-0.3, -0.25) is 10.1 Å². The van der Waals surface area contributed by atoms with Crippen LogP contribution in [-0.2, 0) is 6.61 Å². The molecule has 0 N–H and O–H groups in total. The lowest BCUT2D eigenvalue weighted by Crippen LogP contribution is -1.99. The molecule has 0 saturated heterocycles. The third-order valence-corrected chi connectivity index (χ3v) is 3.48.